The zero-order valence-corrected chi connectivity index (χ0v) is 9.13. The van der Waals surface area contributed by atoms with E-state index in [2.05, 4.69) is 10.3 Å². The van der Waals surface area contributed by atoms with Gasteiger partial charge in [-0.05, 0) is 18.8 Å². The molecule has 0 spiro atoms. The van der Waals surface area contributed by atoms with Crippen molar-refractivity contribution in [3.05, 3.63) is 11.4 Å². The predicted molar refractivity (Wildman–Crippen MR) is 55.2 cm³/mol. The molecular formula is C10H15N3O3. The third kappa shape index (κ3) is 2.06. The van der Waals surface area contributed by atoms with Gasteiger partial charge in [-0.15, -0.1) is 5.10 Å². The van der Waals surface area contributed by atoms with Crippen LogP contribution in [0.4, 0.5) is 0 Å². The molecule has 6 nitrogen and oxygen atoms in total. The molecule has 1 unspecified atom stereocenters. The Labute approximate surface area is 92.9 Å². The predicted octanol–water partition coefficient (Wildman–Crippen LogP) is 0.482. The Morgan fingerprint density at radius 3 is 2.81 bits per heavy atom. The van der Waals surface area contributed by atoms with E-state index in [-0.39, 0.29) is 24.1 Å². The zero-order valence-electron chi connectivity index (χ0n) is 9.13. The summed E-state index contributed by atoms with van der Waals surface area (Å²) >= 11 is 0. The lowest BCUT2D eigenvalue weighted by Gasteiger charge is -2.10. The lowest BCUT2D eigenvalue weighted by atomic mass is 10.2. The van der Waals surface area contributed by atoms with Gasteiger partial charge in [-0.2, -0.15) is 0 Å². The molecule has 0 bridgehead atoms. The molecule has 1 fully saturated rings. The number of aliphatic hydroxyl groups is 1. The molecule has 0 saturated heterocycles. The van der Waals surface area contributed by atoms with Crippen molar-refractivity contribution in [1.29, 1.82) is 0 Å². The third-order valence-corrected chi connectivity index (χ3v) is 2.74. The quantitative estimate of drug-likeness (QED) is 0.761. The molecular weight excluding hydrogens is 210 g/mol. The molecule has 1 aliphatic carbocycles. The Balaban J connectivity index is 2.27. The van der Waals surface area contributed by atoms with Gasteiger partial charge in [0.1, 0.15) is 0 Å². The van der Waals surface area contributed by atoms with E-state index in [1.807, 2.05) is 6.92 Å². The number of nitrogens with zero attached hydrogens (tertiary/aromatic N) is 3. The van der Waals surface area contributed by atoms with Crippen LogP contribution in [0.15, 0.2) is 0 Å². The van der Waals surface area contributed by atoms with Crippen LogP contribution in [0.3, 0.4) is 0 Å². The van der Waals surface area contributed by atoms with E-state index in [1.54, 1.807) is 4.68 Å². The molecule has 0 aliphatic heterocycles. The van der Waals surface area contributed by atoms with Crippen molar-refractivity contribution in [2.24, 2.45) is 5.92 Å². The smallest absolute Gasteiger partial charge is 0.358 e. The molecule has 1 atom stereocenters. The Morgan fingerprint density at radius 2 is 2.31 bits per heavy atom. The van der Waals surface area contributed by atoms with Gasteiger partial charge in [0.05, 0.1) is 5.69 Å². The van der Waals surface area contributed by atoms with Gasteiger partial charge in [-0.25, -0.2) is 9.48 Å². The first-order chi connectivity index (χ1) is 7.63. The minimum Gasteiger partial charge on any atom is -0.476 e. The number of hydrogen-bond acceptors (Lipinski definition) is 4. The van der Waals surface area contributed by atoms with Gasteiger partial charge in [0.2, 0.25) is 0 Å². The summed E-state index contributed by atoms with van der Waals surface area (Å²) in [6.45, 7) is 2.47. The number of carbonyl (C=O) groups is 1. The van der Waals surface area contributed by atoms with Gasteiger partial charge in [0.15, 0.2) is 5.69 Å². The third-order valence-electron chi connectivity index (χ3n) is 2.74. The number of aromatic carboxylic acids is 1. The van der Waals surface area contributed by atoms with Crippen molar-refractivity contribution >= 4 is 5.97 Å². The van der Waals surface area contributed by atoms with Crippen LogP contribution in [-0.2, 0) is 6.54 Å². The Bertz CT molecular complexity index is 398. The molecule has 0 aromatic carbocycles. The molecule has 2 rings (SSSR count). The van der Waals surface area contributed by atoms with E-state index in [0.717, 1.165) is 12.8 Å². The molecule has 1 saturated carbocycles. The molecule has 1 heterocycles. The SMILES string of the molecule is CC(CO)Cn1nnc(C(=O)O)c1C1CC1. The number of hydrogen-bond donors (Lipinski definition) is 2. The summed E-state index contributed by atoms with van der Waals surface area (Å²) in [6.07, 6.45) is 2.00. The molecule has 1 aliphatic rings. The number of rotatable bonds is 5. The maximum absolute atomic E-state index is 11.0. The van der Waals surface area contributed by atoms with Crippen LogP contribution in [0.5, 0.6) is 0 Å². The summed E-state index contributed by atoms with van der Waals surface area (Å²) in [5.41, 5.74) is 0.778. The van der Waals surface area contributed by atoms with Crippen LogP contribution in [0.25, 0.3) is 0 Å². The Morgan fingerprint density at radius 1 is 1.62 bits per heavy atom. The molecule has 0 amide bonds. The molecule has 2 N–H and O–H groups in total. The topological polar surface area (TPSA) is 88.2 Å². The summed E-state index contributed by atoms with van der Waals surface area (Å²) in [6, 6.07) is 0. The second-order valence-electron chi connectivity index (χ2n) is 4.37. The average molecular weight is 225 g/mol. The van der Waals surface area contributed by atoms with Crippen molar-refractivity contribution in [3.63, 3.8) is 0 Å². The first-order valence-electron chi connectivity index (χ1n) is 5.41. The van der Waals surface area contributed by atoms with Crippen LogP contribution < -0.4 is 0 Å². The summed E-state index contributed by atoms with van der Waals surface area (Å²) in [4.78, 5) is 11.0. The Kier molecular flexibility index (Phi) is 2.91. The number of carboxylic acids is 1. The first kappa shape index (κ1) is 11.1. The lowest BCUT2D eigenvalue weighted by Crippen LogP contribution is -2.15. The maximum Gasteiger partial charge on any atom is 0.358 e. The standard InChI is InChI=1S/C10H15N3O3/c1-6(5-14)4-13-9(7-2-3-7)8(10(15)16)11-12-13/h6-7,14H,2-5H2,1H3,(H,15,16). The van der Waals surface area contributed by atoms with Gasteiger partial charge in [0.25, 0.3) is 0 Å². The number of aliphatic hydroxyl groups excluding tert-OH is 1. The highest BCUT2D eigenvalue weighted by Crippen LogP contribution is 2.41. The van der Waals surface area contributed by atoms with Gasteiger partial charge >= 0.3 is 5.97 Å². The fraction of sp³-hybridized carbons (Fsp3) is 0.700. The van der Waals surface area contributed by atoms with Crippen molar-refractivity contribution in [2.75, 3.05) is 6.61 Å². The molecule has 6 heteroatoms. The highest BCUT2D eigenvalue weighted by molar-refractivity contribution is 5.86. The van der Waals surface area contributed by atoms with Crippen molar-refractivity contribution < 1.29 is 15.0 Å². The van der Waals surface area contributed by atoms with Gasteiger partial charge in [-0.1, -0.05) is 12.1 Å². The summed E-state index contributed by atoms with van der Waals surface area (Å²) < 4.78 is 1.63. The maximum atomic E-state index is 11.0. The van der Waals surface area contributed by atoms with E-state index >= 15 is 0 Å². The van der Waals surface area contributed by atoms with E-state index in [1.165, 1.54) is 0 Å². The van der Waals surface area contributed by atoms with Crippen LogP contribution >= 0.6 is 0 Å². The van der Waals surface area contributed by atoms with E-state index in [0.29, 0.717) is 12.2 Å². The minimum atomic E-state index is -1.02. The van der Waals surface area contributed by atoms with Crippen molar-refractivity contribution in [1.82, 2.24) is 15.0 Å². The minimum absolute atomic E-state index is 0.0563. The highest BCUT2D eigenvalue weighted by Gasteiger charge is 2.33. The molecule has 16 heavy (non-hydrogen) atoms. The fourth-order valence-electron chi connectivity index (χ4n) is 1.72. The summed E-state index contributed by atoms with van der Waals surface area (Å²) in [7, 11) is 0. The lowest BCUT2D eigenvalue weighted by molar-refractivity contribution is 0.0689. The molecule has 1 aromatic rings. The second kappa shape index (κ2) is 4.21. The van der Waals surface area contributed by atoms with E-state index in [9.17, 15) is 4.79 Å². The summed E-state index contributed by atoms with van der Waals surface area (Å²) in [5, 5.41) is 25.5. The van der Waals surface area contributed by atoms with E-state index < -0.39 is 5.97 Å². The van der Waals surface area contributed by atoms with Gasteiger partial charge in [0, 0.05) is 19.1 Å². The summed E-state index contributed by atoms with van der Waals surface area (Å²) in [5.74, 6) is -0.683. The molecule has 1 aromatic heterocycles. The normalized spacial score (nSPS) is 17.4. The van der Waals surface area contributed by atoms with Gasteiger partial charge in [-0.3, -0.25) is 0 Å². The number of carboxylic acid groups (broad SMARTS) is 1. The molecule has 0 radical (unpaired) electrons. The zero-order chi connectivity index (χ0) is 11.7. The van der Waals surface area contributed by atoms with Crippen LogP contribution in [0, 0.1) is 5.92 Å². The largest absolute Gasteiger partial charge is 0.476 e. The molecule has 88 valence electrons. The van der Waals surface area contributed by atoms with Crippen LogP contribution in [0.2, 0.25) is 0 Å². The Hall–Kier alpha value is -1.43. The van der Waals surface area contributed by atoms with Crippen LogP contribution in [-0.4, -0.2) is 37.8 Å². The first-order valence-corrected chi connectivity index (χ1v) is 5.41. The van der Waals surface area contributed by atoms with Crippen molar-refractivity contribution in [3.8, 4) is 0 Å². The van der Waals surface area contributed by atoms with Gasteiger partial charge < -0.3 is 10.2 Å². The number of aromatic nitrogens is 3. The second-order valence-corrected chi connectivity index (χ2v) is 4.37. The average Bonchev–Trinajstić information content (AvgIpc) is 3.00. The van der Waals surface area contributed by atoms with E-state index in [4.69, 9.17) is 10.2 Å². The monoisotopic (exact) mass is 225 g/mol. The van der Waals surface area contributed by atoms with Crippen molar-refractivity contribution in [2.45, 2.75) is 32.2 Å². The van der Waals surface area contributed by atoms with Crippen LogP contribution in [0.1, 0.15) is 41.9 Å². The highest BCUT2D eigenvalue weighted by atomic mass is 16.4. The fourth-order valence-corrected chi connectivity index (χ4v) is 1.72.